The fourth-order valence-electron chi connectivity index (χ4n) is 1.81. The van der Waals surface area contributed by atoms with Crippen molar-refractivity contribution >= 4 is 23.7 Å². The minimum atomic E-state index is -0.986. The zero-order valence-electron chi connectivity index (χ0n) is 10.0. The number of anilines is 1. The van der Waals surface area contributed by atoms with Gasteiger partial charge < -0.3 is 15.7 Å². The molecule has 4 amide bonds. The van der Waals surface area contributed by atoms with E-state index < -0.39 is 18.0 Å². The van der Waals surface area contributed by atoms with E-state index in [1.54, 1.807) is 24.3 Å². The molecule has 1 heterocycles. The molecule has 1 saturated heterocycles. The van der Waals surface area contributed by atoms with Crippen LogP contribution in [-0.4, -0.2) is 41.1 Å². The lowest BCUT2D eigenvalue weighted by atomic mass is 10.1. The van der Waals surface area contributed by atoms with E-state index in [-0.39, 0.29) is 6.42 Å². The molecular weight excluding hydrogens is 250 g/mol. The molecule has 1 aromatic carbocycles. The number of amides is 4. The number of carboxylic acids is 1. The maximum absolute atomic E-state index is 11.9. The summed E-state index contributed by atoms with van der Waals surface area (Å²) in [5.74, 6) is -0.986. The number of benzene rings is 1. The lowest BCUT2D eigenvalue weighted by Gasteiger charge is -2.15. The lowest BCUT2D eigenvalue weighted by molar-refractivity contribution is -0.136. The smallest absolute Gasteiger partial charge is 0.330 e. The minimum Gasteiger partial charge on any atom is -0.481 e. The summed E-state index contributed by atoms with van der Waals surface area (Å²) in [6, 6.07) is 5.58. The van der Waals surface area contributed by atoms with Gasteiger partial charge in [-0.3, -0.25) is 4.79 Å². The highest BCUT2D eigenvalue weighted by molar-refractivity contribution is 6.02. The van der Waals surface area contributed by atoms with Crippen LogP contribution < -0.4 is 10.6 Å². The van der Waals surface area contributed by atoms with Crippen molar-refractivity contribution in [2.45, 2.75) is 6.42 Å². The standard InChI is InChI=1S/C12H13N3O4/c16-10(17)7-8-3-1-2-4-9(8)14-12(19)15-6-5-13-11(15)18/h1-4H,5-7H2,(H,13,18)(H,14,19)(H,16,17). The molecule has 0 aliphatic carbocycles. The lowest BCUT2D eigenvalue weighted by Crippen LogP contribution is -2.37. The van der Waals surface area contributed by atoms with Crippen molar-refractivity contribution in [2.24, 2.45) is 0 Å². The van der Waals surface area contributed by atoms with Crippen LogP contribution in [0.4, 0.5) is 15.3 Å². The van der Waals surface area contributed by atoms with E-state index in [9.17, 15) is 14.4 Å². The first-order valence-electron chi connectivity index (χ1n) is 5.74. The van der Waals surface area contributed by atoms with Crippen LogP contribution in [-0.2, 0) is 11.2 Å². The summed E-state index contributed by atoms with van der Waals surface area (Å²) >= 11 is 0. The van der Waals surface area contributed by atoms with Crippen LogP contribution in [0.25, 0.3) is 0 Å². The molecule has 0 saturated carbocycles. The Morgan fingerprint density at radius 2 is 2.11 bits per heavy atom. The average molecular weight is 263 g/mol. The Bertz CT molecular complexity index is 529. The molecule has 19 heavy (non-hydrogen) atoms. The van der Waals surface area contributed by atoms with Crippen LogP contribution >= 0.6 is 0 Å². The van der Waals surface area contributed by atoms with Gasteiger partial charge in [-0.2, -0.15) is 0 Å². The third-order valence-corrected chi connectivity index (χ3v) is 2.70. The van der Waals surface area contributed by atoms with Crippen LogP contribution in [0.3, 0.4) is 0 Å². The number of carbonyl (C=O) groups is 3. The molecule has 0 atom stereocenters. The normalized spacial score (nSPS) is 14.1. The van der Waals surface area contributed by atoms with E-state index in [0.29, 0.717) is 24.3 Å². The van der Waals surface area contributed by atoms with E-state index in [2.05, 4.69) is 10.6 Å². The van der Waals surface area contributed by atoms with Crippen molar-refractivity contribution in [3.05, 3.63) is 29.8 Å². The van der Waals surface area contributed by atoms with Crippen molar-refractivity contribution in [1.29, 1.82) is 0 Å². The number of carboxylic acid groups (broad SMARTS) is 1. The SMILES string of the molecule is O=C(O)Cc1ccccc1NC(=O)N1CCNC1=O. The van der Waals surface area contributed by atoms with Crippen LogP contribution in [0.2, 0.25) is 0 Å². The van der Waals surface area contributed by atoms with E-state index >= 15 is 0 Å². The van der Waals surface area contributed by atoms with Crippen molar-refractivity contribution in [3.63, 3.8) is 0 Å². The number of aliphatic carboxylic acids is 1. The van der Waals surface area contributed by atoms with Gasteiger partial charge in [-0.25, -0.2) is 14.5 Å². The molecule has 1 aliphatic rings. The third kappa shape index (κ3) is 3.01. The summed E-state index contributed by atoms with van der Waals surface area (Å²) in [5, 5.41) is 13.9. The Kier molecular flexibility index (Phi) is 3.65. The Morgan fingerprint density at radius 3 is 2.74 bits per heavy atom. The largest absolute Gasteiger partial charge is 0.481 e. The van der Waals surface area contributed by atoms with Crippen LogP contribution in [0, 0.1) is 0 Å². The number of imide groups is 1. The Balaban J connectivity index is 2.12. The molecule has 7 heteroatoms. The first-order chi connectivity index (χ1) is 9.08. The molecule has 0 unspecified atom stereocenters. The molecule has 100 valence electrons. The number of hydrogen-bond donors (Lipinski definition) is 3. The Labute approximate surface area is 109 Å². The van der Waals surface area contributed by atoms with Gasteiger partial charge in [0.2, 0.25) is 0 Å². The molecule has 0 spiro atoms. The summed E-state index contributed by atoms with van der Waals surface area (Å²) in [5.41, 5.74) is 0.887. The molecular formula is C12H13N3O4. The predicted octanol–water partition coefficient (Wildman–Crippen LogP) is 0.871. The fraction of sp³-hybridized carbons (Fsp3) is 0.250. The number of carbonyl (C=O) groups excluding carboxylic acids is 2. The monoisotopic (exact) mass is 263 g/mol. The van der Waals surface area contributed by atoms with Gasteiger partial charge in [-0.15, -0.1) is 0 Å². The first-order valence-corrected chi connectivity index (χ1v) is 5.74. The number of para-hydroxylation sites is 1. The van der Waals surface area contributed by atoms with E-state index in [0.717, 1.165) is 4.90 Å². The quantitative estimate of drug-likeness (QED) is 0.753. The summed E-state index contributed by atoms with van der Waals surface area (Å²) in [4.78, 5) is 35.0. The fourth-order valence-corrected chi connectivity index (χ4v) is 1.81. The van der Waals surface area contributed by atoms with Gasteiger partial charge in [-0.1, -0.05) is 18.2 Å². The molecule has 0 radical (unpaired) electrons. The van der Waals surface area contributed by atoms with Gasteiger partial charge in [0.05, 0.1) is 6.42 Å². The van der Waals surface area contributed by atoms with Gasteiger partial charge in [-0.05, 0) is 11.6 Å². The Morgan fingerprint density at radius 1 is 1.37 bits per heavy atom. The molecule has 1 aliphatic heterocycles. The summed E-state index contributed by atoms with van der Waals surface area (Å²) < 4.78 is 0. The highest BCUT2D eigenvalue weighted by atomic mass is 16.4. The van der Waals surface area contributed by atoms with E-state index in [1.807, 2.05) is 0 Å². The molecule has 1 fully saturated rings. The average Bonchev–Trinajstić information content (AvgIpc) is 2.77. The maximum Gasteiger partial charge on any atom is 0.330 e. The van der Waals surface area contributed by atoms with Crippen LogP contribution in [0.1, 0.15) is 5.56 Å². The Hall–Kier alpha value is -2.57. The van der Waals surface area contributed by atoms with Gasteiger partial charge in [0, 0.05) is 18.8 Å². The topological polar surface area (TPSA) is 98.7 Å². The first kappa shape index (κ1) is 12.9. The summed E-state index contributed by atoms with van der Waals surface area (Å²) in [6.07, 6.45) is -0.192. The van der Waals surface area contributed by atoms with Crippen LogP contribution in [0.15, 0.2) is 24.3 Å². The second-order valence-electron chi connectivity index (χ2n) is 4.04. The molecule has 3 N–H and O–H groups in total. The third-order valence-electron chi connectivity index (χ3n) is 2.70. The van der Waals surface area contributed by atoms with Gasteiger partial charge >= 0.3 is 18.0 Å². The minimum absolute atomic E-state index is 0.192. The number of rotatable bonds is 3. The zero-order valence-corrected chi connectivity index (χ0v) is 10.0. The second kappa shape index (κ2) is 5.38. The van der Waals surface area contributed by atoms with Gasteiger partial charge in [0.25, 0.3) is 0 Å². The molecule has 1 aromatic rings. The number of nitrogens with one attached hydrogen (secondary N) is 2. The second-order valence-corrected chi connectivity index (χ2v) is 4.04. The highest BCUT2D eigenvalue weighted by Gasteiger charge is 2.26. The van der Waals surface area contributed by atoms with Gasteiger partial charge in [0.15, 0.2) is 0 Å². The van der Waals surface area contributed by atoms with E-state index in [4.69, 9.17) is 5.11 Å². The van der Waals surface area contributed by atoms with E-state index in [1.165, 1.54) is 0 Å². The maximum atomic E-state index is 11.9. The summed E-state index contributed by atoms with van der Waals surface area (Å²) in [6.45, 7) is 0.717. The van der Waals surface area contributed by atoms with Crippen LogP contribution in [0.5, 0.6) is 0 Å². The molecule has 2 rings (SSSR count). The molecule has 0 bridgehead atoms. The number of urea groups is 2. The number of hydrogen-bond acceptors (Lipinski definition) is 3. The molecule has 0 aromatic heterocycles. The number of nitrogens with zero attached hydrogens (tertiary/aromatic N) is 1. The van der Waals surface area contributed by atoms with Crippen molar-refractivity contribution < 1.29 is 19.5 Å². The predicted molar refractivity (Wildman–Crippen MR) is 66.9 cm³/mol. The summed E-state index contributed by atoms with van der Waals surface area (Å²) in [7, 11) is 0. The van der Waals surface area contributed by atoms with Crippen molar-refractivity contribution in [1.82, 2.24) is 10.2 Å². The zero-order chi connectivity index (χ0) is 13.8. The molecule has 7 nitrogen and oxygen atoms in total. The van der Waals surface area contributed by atoms with Crippen molar-refractivity contribution in [3.8, 4) is 0 Å². The van der Waals surface area contributed by atoms with Gasteiger partial charge in [0.1, 0.15) is 0 Å². The van der Waals surface area contributed by atoms with Crippen molar-refractivity contribution in [2.75, 3.05) is 18.4 Å². The highest BCUT2D eigenvalue weighted by Crippen LogP contribution is 2.16.